The number of aliphatic hydroxyl groups excluding tert-OH is 1. The lowest BCUT2D eigenvalue weighted by atomic mass is 9.96. The molecule has 138 valence electrons. The van der Waals surface area contributed by atoms with Crippen molar-refractivity contribution in [2.45, 2.75) is 25.9 Å². The van der Waals surface area contributed by atoms with Gasteiger partial charge in [-0.25, -0.2) is 4.79 Å². The Morgan fingerprint density at radius 3 is 2.81 bits per heavy atom. The van der Waals surface area contributed by atoms with Crippen molar-refractivity contribution in [2.24, 2.45) is 0 Å². The molecule has 2 aromatic rings. The molecule has 2 aromatic carbocycles. The molecule has 1 N–H and O–H groups in total. The Kier molecular flexibility index (Phi) is 5.78. The second kappa shape index (κ2) is 8.23. The van der Waals surface area contributed by atoms with Crippen molar-refractivity contribution in [3.05, 3.63) is 59.2 Å². The van der Waals surface area contributed by atoms with Gasteiger partial charge in [0, 0.05) is 18.8 Å². The first-order valence-electron chi connectivity index (χ1n) is 8.91. The predicted octanol–water partition coefficient (Wildman–Crippen LogP) is 2.97. The highest BCUT2D eigenvalue weighted by atomic mass is 16.5. The Bertz CT molecular complexity index is 774. The number of esters is 1. The molecule has 0 amide bonds. The number of aryl methyl sites for hydroxylation is 1. The molecule has 0 fully saturated rings. The lowest BCUT2D eigenvalue weighted by Crippen LogP contribution is -2.39. The van der Waals surface area contributed by atoms with E-state index in [0.29, 0.717) is 12.1 Å². The summed E-state index contributed by atoms with van der Waals surface area (Å²) in [7, 11) is 1.40. The normalized spacial score (nSPS) is 14.5. The highest BCUT2D eigenvalue weighted by Gasteiger charge is 2.24. The van der Waals surface area contributed by atoms with Crippen molar-refractivity contribution in [1.29, 1.82) is 0 Å². The molecule has 1 aliphatic heterocycles. The van der Waals surface area contributed by atoms with Gasteiger partial charge in [-0.1, -0.05) is 24.3 Å². The van der Waals surface area contributed by atoms with Gasteiger partial charge in [-0.05, 0) is 49.1 Å². The fourth-order valence-corrected chi connectivity index (χ4v) is 3.40. The average molecular weight is 355 g/mol. The van der Waals surface area contributed by atoms with Crippen LogP contribution in [0.1, 0.15) is 27.9 Å². The van der Waals surface area contributed by atoms with Crippen molar-refractivity contribution in [1.82, 2.24) is 0 Å². The number of anilines is 1. The lowest BCUT2D eigenvalue weighted by Gasteiger charge is -2.33. The zero-order valence-corrected chi connectivity index (χ0v) is 15.3. The maximum Gasteiger partial charge on any atom is 0.338 e. The van der Waals surface area contributed by atoms with Crippen LogP contribution in [0.25, 0.3) is 0 Å². The summed E-state index contributed by atoms with van der Waals surface area (Å²) in [4.78, 5) is 14.1. The molecule has 0 bridgehead atoms. The number of benzene rings is 2. The summed E-state index contributed by atoms with van der Waals surface area (Å²) in [6.07, 6.45) is 1.15. The summed E-state index contributed by atoms with van der Waals surface area (Å²) in [5.74, 6) is 0.478. The predicted molar refractivity (Wildman–Crippen MR) is 101 cm³/mol. The zero-order chi connectivity index (χ0) is 18.5. The van der Waals surface area contributed by atoms with E-state index in [4.69, 9.17) is 9.47 Å². The van der Waals surface area contributed by atoms with Crippen LogP contribution in [0.3, 0.4) is 0 Å². The summed E-state index contributed by atoms with van der Waals surface area (Å²) < 4.78 is 10.6. The molecule has 5 heteroatoms. The Morgan fingerprint density at radius 1 is 1.23 bits per heavy atom. The van der Waals surface area contributed by atoms with E-state index in [2.05, 4.69) is 4.90 Å². The Balaban J connectivity index is 1.68. The summed E-state index contributed by atoms with van der Waals surface area (Å²) in [5, 5.41) is 10.4. The average Bonchev–Trinajstić information content (AvgIpc) is 2.66. The minimum absolute atomic E-state index is 0.230. The highest BCUT2D eigenvalue weighted by Crippen LogP contribution is 2.30. The molecule has 5 nitrogen and oxygen atoms in total. The first-order chi connectivity index (χ1) is 12.6. The lowest BCUT2D eigenvalue weighted by molar-refractivity contribution is 0.0599. The maximum atomic E-state index is 12.0. The van der Waals surface area contributed by atoms with Gasteiger partial charge in [0.1, 0.15) is 18.5 Å². The molecular formula is C21H25NO4. The number of β-amino-alcohol motifs (C(OH)–C–C–N with tert-alkyl or cyclic N) is 1. The zero-order valence-electron chi connectivity index (χ0n) is 15.3. The molecule has 1 heterocycles. The number of fused-ring (bicyclic) bond motifs is 1. The SMILES string of the molecule is COC(=O)c1cccc2c1CCCN2C[C@@H](O)COc1ccccc1C. The molecule has 0 aromatic heterocycles. The molecule has 1 atom stereocenters. The van der Waals surface area contributed by atoms with E-state index in [0.717, 1.165) is 42.0 Å². The van der Waals surface area contributed by atoms with Crippen LogP contribution in [-0.4, -0.2) is 44.0 Å². The van der Waals surface area contributed by atoms with Crippen LogP contribution >= 0.6 is 0 Å². The molecule has 0 aliphatic carbocycles. The van der Waals surface area contributed by atoms with Gasteiger partial charge >= 0.3 is 5.97 Å². The quantitative estimate of drug-likeness (QED) is 0.808. The number of carbonyl (C=O) groups is 1. The molecule has 3 rings (SSSR count). The van der Waals surface area contributed by atoms with Gasteiger partial charge in [-0.3, -0.25) is 0 Å². The smallest absolute Gasteiger partial charge is 0.338 e. The van der Waals surface area contributed by atoms with Crippen molar-refractivity contribution in [3.63, 3.8) is 0 Å². The van der Waals surface area contributed by atoms with Crippen LogP contribution in [0.15, 0.2) is 42.5 Å². The number of ether oxygens (including phenoxy) is 2. The van der Waals surface area contributed by atoms with Crippen LogP contribution in [-0.2, 0) is 11.2 Å². The van der Waals surface area contributed by atoms with E-state index in [9.17, 15) is 9.90 Å². The monoisotopic (exact) mass is 355 g/mol. The highest BCUT2D eigenvalue weighted by molar-refractivity contribution is 5.93. The fraction of sp³-hybridized carbons (Fsp3) is 0.381. The molecule has 0 radical (unpaired) electrons. The van der Waals surface area contributed by atoms with Gasteiger partial charge in [-0.15, -0.1) is 0 Å². The number of hydrogen-bond acceptors (Lipinski definition) is 5. The third-order valence-corrected chi connectivity index (χ3v) is 4.71. The van der Waals surface area contributed by atoms with Crippen molar-refractivity contribution < 1.29 is 19.4 Å². The van der Waals surface area contributed by atoms with Gasteiger partial charge in [0.25, 0.3) is 0 Å². The van der Waals surface area contributed by atoms with E-state index in [1.54, 1.807) is 6.07 Å². The number of para-hydroxylation sites is 1. The van der Waals surface area contributed by atoms with Crippen LogP contribution in [0, 0.1) is 6.92 Å². The molecule has 0 saturated heterocycles. The Morgan fingerprint density at radius 2 is 2.04 bits per heavy atom. The fourth-order valence-electron chi connectivity index (χ4n) is 3.40. The molecule has 0 unspecified atom stereocenters. The largest absolute Gasteiger partial charge is 0.491 e. The molecule has 1 aliphatic rings. The number of hydrogen-bond donors (Lipinski definition) is 1. The summed E-state index contributed by atoms with van der Waals surface area (Å²) in [6, 6.07) is 13.4. The van der Waals surface area contributed by atoms with Crippen molar-refractivity contribution in [3.8, 4) is 5.75 Å². The van der Waals surface area contributed by atoms with Gasteiger partial charge in [0.15, 0.2) is 0 Å². The maximum absolute atomic E-state index is 12.0. The van der Waals surface area contributed by atoms with Gasteiger partial charge < -0.3 is 19.5 Å². The minimum Gasteiger partial charge on any atom is -0.491 e. The van der Waals surface area contributed by atoms with Gasteiger partial charge in [-0.2, -0.15) is 0 Å². The first kappa shape index (κ1) is 18.3. The summed E-state index contributed by atoms with van der Waals surface area (Å²) >= 11 is 0. The molecular weight excluding hydrogens is 330 g/mol. The van der Waals surface area contributed by atoms with E-state index in [1.807, 2.05) is 43.3 Å². The third kappa shape index (κ3) is 3.99. The third-order valence-electron chi connectivity index (χ3n) is 4.71. The topological polar surface area (TPSA) is 59.0 Å². The second-order valence-electron chi connectivity index (χ2n) is 6.57. The van der Waals surface area contributed by atoms with E-state index in [1.165, 1.54) is 7.11 Å². The number of methoxy groups -OCH3 is 1. The number of nitrogens with zero attached hydrogens (tertiary/aromatic N) is 1. The number of rotatable bonds is 6. The Hall–Kier alpha value is -2.53. The standard InChI is InChI=1S/C21H25NO4/c1-15-7-3-4-11-20(15)26-14-16(23)13-22-12-6-9-17-18(21(24)25-2)8-5-10-19(17)22/h3-5,7-8,10-11,16,23H,6,9,12-14H2,1-2H3/t16-/m1/s1. The molecule has 0 spiro atoms. The minimum atomic E-state index is -0.623. The number of aliphatic hydroxyl groups is 1. The first-order valence-corrected chi connectivity index (χ1v) is 8.91. The van der Waals surface area contributed by atoms with Crippen molar-refractivity contribution >= 4 is 11.7 Å². The van der Waals surface area contributed by atoms with E-state index in [-0.39, 0.29) is 12.6 Å². The van der Waals surface area contributed by atoms with Crippen LogP contribution < -0.4 is 9.64 Å². The van der Waals surface area contributed by atoms with Crippen molar-refractivity contribution in [2.75, 3.05) is 31.7 Å². The van der Waals surface area contributed by atoms with Crippen LogP contribution in [0.5, 0.6) is 5.75 Å². The molecule has 0 saturated carbocycles. The number of carbonyl (C=O) groups excluding carboxylic acids is 1. The van der Waals surface area contributed by atoms with Gasteiger partial charge in [0.2, 0.25) is 0 Å². The van der Waals surface area contributed by atoms with Crippen LogP contribution in [0.4, 0.5) is 5.69 Å². The Labute approximate surface area is 154 Å². The summed E-state index contributed by atoms with van der Waals surface area (Å²) in [6.45, 7) is 3.52. The van der Waals surface area contributed by atoms with E-state index < -0.39 is 6.10 Å². The van der Waals surface area contributed by atoms with E-state index >= 15 is 0 Å². The summed E-state index contributed by atoms with van der Waals surface area (Å²) in [5.41, 5.74) is 3.65. The van der Waals surface area contributed by atoms with Crippen LogP contribution in [0.2, 0.25) is 0 Å². The van der Waals surface area contributed by atoms with Gasteiger partial charge in [0.05, 0.1) is 12.7 Å². The second-order valence-corrected chi connectivity index (χ2v) is 6.57. The molecule has 26 heavy (non-hydrogen) atoms.